The molecular weight excluding hydrogens is 332 g/mol. The van der Waals surface area contributed by atoms with Crippen LogP contribution in [0.25, 0.3) is 10.8 Å². The number of benzene rings is 2. The van der Waals surface area contributed by atoms with Gasteiger partial charge in [0.2, 0.25) is 0 Å². The lowest BCUT2D eigenvalue weighted by Gasteiger charge is -2.15. The van der Waals surface area contributed by atoms with Crippen molar-refractivity contribution in [1.29, 1.82) is 0 Å². The quantitative estimate of drug-likeness (QED) is 0.682. The molecule has 1 aromatic heterocycles. The molecule has 0 bridgehead atoms. The van der Waals surface area contributed by atoms with Gasteiger partial charge in [-0.2, -0.15) is 0 Å². The molecule has 3 aromatic rings. The molecular formula is C20H20N2O4. The second-order valence-electron chi connectivity index (χ2n) is 6.07. The predicted molar refractivity (Wildman–Crippen MR) is 97.0 cm³/mol. The zero-order valence-corrected chi connectivity index (χ0v) is 14.4. The van der Waals surface area contributed by atoms with E-state index in [0.717, 1.165) is 16.3 Å². The molecule has 2 N–H and O–H groups in total. The van der Waals surface area contributed by atoms with Crippen molar-refractivity contribution in [1.82, 2.24) is 10.3 Å². The standard InChI is InChI=1S/C20H20N2O4/c1-2-17-18(22-12-26-17)19(23)21-11-15(20(24)25)10-14-8-5-7-13-6-3-4-9-16(13)14/h3-9,12,15H,2,10-11H2,1H3,(H,21,23)(H,24,25). The number of aliphatic carboxylic acids is 1. The molecule has 6 heteroatoms. The van der Waals surface area contributed by atoms with E-state index in [2.05, 4.69) is 10.3 Å². The summed E-state index contributed by atoms with van der Waals surface area (Å²) in [6.45, 7) is 1.88. The third-order valence-electron chi connectivity index (χ3n) is 4.38. The van der Waals surface area contributed by atoms with Gasteiger partial charge in [0.1, 0.15) is 5.76 Å². The maximum absolute atomic E-state index is 12.3. The second kappa shape index (κ2) is 7.82. The van der Waals surface area contributed by atoms with E-state index in [4.69, 9.17) is 4.42 Å². The number of rotatable bonds is 7. The number of nitrogens with one attached hydrogen (secondary N) is 1. The van der Waals surface area contributed by atoms with E-state index in [1.54, 1.807) is 0 Å². The second-order valence-corrected chi connectivity index (χ2v) is 6.07. The lowest BCUT2D eigenvalue weighted by molar-refractivity contribution is -0.141. The molecule has 0 saturated carbocycles. The molecule has 0 spiro atoms. The lowest BCUT2D eigenvalue weighted by atomic mass is 9.95. The average molecular weight is 352 g/mol. The number of carboxylic acid groups (broad SMARTS) is 1. The number of hydrogen-bond donors (Lipinski definition) is 2. The number of aryl methyl sites for hydroxylation is 1. The van der Waals surface area contributed by atoms with Gasteiger partial charge in [0.05, 0.1) is 5.92 Å². The molecule has 2 aromatic carbocycles. The summed E-state index contributed by atoms with van der Waals surface area (Å²) in [6, 6.07) is 13.7. The SMILES string of the molecule is CCc1ocnc1C(=O)NCC(Cc1cccc2ccccc12)C(=O)O. The molecule has 0 aliphatic rings. The highest BCUT2D eigenvalue weighted by Gasteiger charge is 2.22. The Morgan fingerprint density at radius 3 is 2.73 bits per heavy atom. The van der Waals surface area contributed by atoms with Crippen LogP contribution in [-0.2, 0) is 17.6 Å². The smallest absolute Gasteiger partial charge is 0.308 e. The number of carboxylic acids is 1. The van der Waals surface area contributed by atoms with E-state index in [1.807, 2.05) is 49.4 Å². The van der Waals surface area contributed by atoms with Gasteiger partial charge in [-0.05, 0) is 22.8 Å². The topological polar surface area (TPSA) is 92.4 Å². The van der Waals surface area contributed by atoms with E-state index < -0.39 is 17.8 Å². The molecule has 3 rings (SSSR count). The van der Waals surface area contributed by atoms with Crippen LogP contribution in [0.4, 0.5) is 0 Å². The number of aromatic nitrogens is 1. The number of amides is 1. The van der Waals surface area contributed by atoms with Crippen LogP contribution in [0.3, 0.4) is 0 Å². The van der Waals surface area contributed by atoms with Crippen LogP contribution in [-0.4, -0.2) is 28.5 Å². The summed E-state index contributed by atoms with van der Waals surface area (Å²) in [6.07, 6.45) is 2.09. The van der Waals surface area contributed by atoms with Crippen LogP contribution in [0.15, 0.2) is 53.3 Å². The first kappa shape index (κ1) is 17.7. The molecule has 0 aliphatic carbocycles. The maximum Gasteiger partial charge on any atom is 0.308 e. The van der Waals surface area contributed by atoms with E-state index in [1.165, 1.54) is 6.39 Å². The van der Waals surface area contributed by atoms with Gasteiger partial charge in [-0.1, -0.05) is 49.4 Å². The van der Waals surface area contributed by atoms with Crippen LogP contribution >= 0.6 is 0 Å². The van der Waals surface area contributed by atoms with E-state index in [9.17, 15) is 14.7 Å². The minimum absolute atomic E-state index is 0.0212. The van der Waals surface area contributed by atoms with Gasteiger partial charge in [-0.15, -0.1) is 0 Å². The monoisotopic (exact) mass is 352 g/mol. The Kier molecular flexibility index (Phi) is 5.31. The molecule has 0 aliphatic heterocycles. The van der Waals surface area contributed by atoms with Crippen molar-refractivity contribution < 1.29 is 19.1 Å². The molecule has 1 unspecified atom stereocenters. The summed E-state index contributed by atoms with van der Waals surface area (Å²) in [5.74, 6) is -1.61. The zero-order valence-electron chi connectivity index (χ0n) is 14.4. The Morgan fingerprint density at radius 2 is 1.96 bits per heavy atom. The summed E-state index contributed by atoms with van der Waals surface area (Å²) >= 11 is 0. The van der Waals surface area contributed by atoms with Crippen molar-refractivity contribution in [3.63, 3.8) is 0 Å². The molecule has 1 heterocycles. The molecule has 0 fully saturated rings. The highest BCUT2D eigenvalue weighted by Crippen LogP contribution is 2.21. The van der Waals surface area contributed by atoms with Crippen LogP contribution in [0.2, 0.25) is 0 Å². The largest absolute Gasteiger partial charge is 0.481 e. The van der Waals surface area contributed by atoms with Crippen molar-refractivity contribution in [3.8, 4) is 0 Å². The first-order chi connectivity index (χ1) is 12.6. The number of hydrogen-bond acceptors (Lipinski definition) is 4. The first-order valence-corrected chi connectivity index (χ1v) is 8.50. The predicted octanol–water partition coefficient (Wildman–Crippen LogP) is 3.06. The van der Waals surface area contributed by atoms with E-state index >= 15 is 0 Å². The summed E-state index contributed by atoms with van der Waals surface area (Å²) in [7, 11) is 0. The Morgan fingerprint density at radius 1 is 1.19 bits per heavy atom. The Balaban J connectivity index is 1.73. The van der Waals surface area contributed by atoms with Crippen molar-refractivity contribution in [3.05, 3.63) is 65.9 Å². The minimum Gasteiger partial charge on any atom is -0.481 e. The van der Waals surface area contributed by atoms with Crippen LogP contribution in [0, 0.1) is 5.92 Å². The molecule has 1 amide bonds. The number of carbonyl (C=O) groups excluding carboxylic acids is 1. The van der Waals surface area contributed by atoms with E-state index in [-0.39, 0.29) is 12.2 Å². The summed E-state index contributed by atoms with van der Waals surface area (Å²) < 4.78 is 5.14. The molecule has 134 valence electrons. The van der Waals surface area contributed by atoms with Crippen molar-refractivity contribution >= 4 is 22.6 Å². The zero-order chi connectivity index (χ0) is 18.5. The van der Waals surface area contributed by atoms with Gasteiger partial charge in [-0.25, -0.2) is 4.98 Å². The summed E-state index contributed by atoms with van der Waals surface area (Å²) in [5.41, 5.74) is 1.15. The fourth-order valence-electron chi connectivity index (χ4n) is 2.99. The Labute approximate surface area is 150 Å². The fourth-order valence-corrected chi connectivity index (χ4v) is 2.99. The van der Waals surface area contributed by atoms with Gasteiger partial charge < -0.3 is 14.8 Å². The molecule has 0 saturated heterocycles. The summed E-state index contributed by atoms with van der Waals surface area (Å²) in [4.78, 5) is 27.8. The lowest BCUT2D eigenvalue weighted by Crippen LogP contribution is -2.34. The van der Waals surface area contributed by atoms with Crippen molar-refractivity contribution in [2.24, 2.45) is 5.92 Å². The van der Waals surface area contributed by atoms with Crippen LogP contribution in [0.5, 0.6) is 0 Å². The van der Waals surface area contributed by atoms with Crippen molar-refractivity contribution in [2.75, 3.05) is 6.54 Å². The number of carbonyl (C=O) groups is 2. The fraction of sp³-hybridized carbons (Fsp3) is 0.250. The number of oxazole rings is 1. The van der Waals surface area contributed by atoms with Gasteiger partial charge in [0.15, 0.2) is 12.1 Å². The molecule has 1 atom stereocenters. The van der Waals surface area contributed by atoms with Gasteiger partial charge in [0, 0.05) is 13.0 Å². The highest BCUT2D eigenvalue weighted by atomic mass is 16.4. The van der Waals surface area contributed by atoms with Crippen LogP contribution < -0.4 is 5.32 Å². The average Bonchev–Trinajstić information content (AvgIpc) is 3.13. The first-order valence-electron chi connectivity index (χ1n) is 8.50. The third kappa shape index (κ3) is 3.74. The van der Waals surface area contributed by atoms with Crippen molar-refractivity contribution in [2.45, 2.75) is 19.8 Å². The normalized spacial score (nSPS) is 12.0. The van der Waals surface area contributed by atoms with Gasteiger partial charge in [-0.3, -0.25) is 9.59 Å². The Hall–Kier alpha value is -3.15. The van der Waals surface area contributed by atoms with Gasteiger partial charge in [0.25, 0.3) is 5.91 Å². The molecule has 0 radical (unpaired) electrons. The van der Waals surface area contributed by atoms with Crippen LogP contribution in [0.1, 0.15) is 28.7 Å². The van der Waals surface area contributed by atoms with E-state index in [0.29, 0.717) is 18.6 Å². The number of nitrogens with zero attached hydrogens (tertiary/aromatic N) is 1. The summed E-state index contributed by atoms with van der Waals surface area (Å²) in [5, 5.41) is 14.3. The minimum atomic E-state index is -0.950. The molecule has 6 nitrogen and oxygen atoms in total. The number of fused-ring (bicyclic) bond motifs is 1. The maximum atomic E-state index is 12.3. The van der Waals surface area contributed by atoms with Gasteiger partial charge >= 0.3 is 5.97 Å². The highest BCUT2D eigenvalue weighted by molar-refractivity contribution is 5.93. The molecule has 26 heavy (non-hydrogen) atoms. The Bertz CT molecular complexity index is 927. The third-order valence-corrected chi connectivity index (χ3v) is 4.38.